The Morgan fingerprint density at radius 3 is 2.46 bits per heavy atom. The average Bonchev–Trinajstić information content (AvgIpc) is 2.14. The molecule has 0 spiro atoms. The smallest absolute Gasteiger partial charge is 0.149 e. The highest BCUT2D eigenvalue weighted by atomic mass is 16.1. The standard InChI is InChI=1S/C9H7N3O/c10-6-9(4-7(13)5-9)8-11-2-1-3-12-8/h1-3H,4-5H2. The molecular weight excluding hydrogens is 166 g/mol. The largest absolute Gasteiger partial charge is 0.300 e. The number of carbonyl (C=O) groups excluding carboxylic acids is 1. The Balaban J connectivity index is 2.36. The third-order valence-electron chi connectivity index (χ3n) is 2.21. The Morgan fingerprint density at radius 1 is 1.38 bits per heavy atom. The molecule has 2 rings (SSSR count). The SMILES string of the molecule is N#CC1(c2ncccn2)CC(=O)C1. The molecule has 0 aromatic carbocycles. The number of carbonyl (C=O) groups is 1. The lowest BCUT2D eigenvalue weighted by atomic mass is 9.68. The molecule has 0 bridgehead atoms. The van der Waals surface area contributed by atoms with E-state index in [-0.39, 0.29) is 18.6 Å². The van der Waals surface area contributed by atoms with E-state index >= 15 is 0 Å². The van der Waals surface area contributed by atoms with E-state index in [1.165, 1.54) is 0 Å². The highest BCUT2D eigenvalue weighted by Gasteiger charge is 2.47. The first-order chi connectivity index (χ1) is 6.27. The van der Waals surface area contributed by atoms with E-state index in [9.17, 15) is 4.79 Å². The summed E-state index contributed by atoms with van der Waals surface area (Å²) in [6.45, 7) is 0. The first kappa shape index (κ1) is 7.87. The predicted molar refractivity (Wildman–Crippen MR) is 43.6 cm³/mol. The van der Waals surface area contributed by atoms with Crippen LogP contribution in [0.2, 0.25) is 0 Å². The third kappa shape index (κ3) is 1.09. The van der Waals surface area contributed by atoms with Gasteiger partial charge in [0.15, 0.2) is 0 Å². The quantitative estimate of drug-likeness (QED) is 0.623. The summed E-state index contributed by atoms with van der Waals surface area (Å²) in [7, 11) is 0. The Bertz CT molecular complexity index is 372. The van der Waals surface area contributed by atoms with Crippen LogP contribution in [0.3, 0.4) is 0 Å². The molecule has 0 saturated heterocycles. The van der Waals surface area contributed by atoms with Crippen molar-refractivity contribution in [3.63, 3.8) is 0 Å². The lowest BCUT2D eigenvalue weighted by Gasteiger charge is -2.31. The third-order valence-corrected chi connectivity index (χ3v) is 2.21. The highest BCUT2D eigenvalue weighted by molar-refractivity contribution is 5.89. The van der Waals surface area contributed by atoms with Gasteiger partial charge in [0.05, 0.1) is 6.07 Å². The van der Waals surface area contributed by atoms with Crippen LogP contribution in [-0.2, 0) is 10.2 Å². The predicted octanol–water partition coefficient (Wildman–Crippen LogP) is 0.601. The summed E-state index contributed by atoms with van der Waals surface area (Å²) in [4.78, 5) is 18.8. The van der Waals surface area contributed by atoms with Gasteiger partial charge in [-0.3, -0.25) is 4.79 Å². The van der Waals surface area contributed by atoms with Crippen LogP contribution in [0, 0.1) is 11.3 Å². The van der Waals surface area contributed by atoms with Crippen LogP contribution >= 0.6 is 0 Å². The van der Waals surface area contributed by atoms with Crippen LogP contribution in [0.4, 0.5) is 0 Å². The van der Waals surface area contributed by atoms with Gasteiger partial charge in [0.25, 0.3) is 0 Å². The fourth-order valence-electron chi connectivity index (χ4n) is 1.45. The number of ketones is 1. The molecule has 1 aliphatic rings. The normalized spacial score (nSPS) is 18.8. The van der Waals surface area contributed by atoms with E-state index in [1.807, 2.05) is 0 Å². The number of hydrogen-bond acceptors (Lipinski definition) is 4. The molecule has 4 nitrogen and oxygen atoms in total. The Kier molecular flexibility index (Phi) is 1.59. The zero-order chi connectivity index (χ0) is 9.31. The molecule has 13 heavy (non-hydrogen) atoms. The number of Topliss-reactive ketones (excluding diaryl/α,β-unsaturated/α-hetero) is 1. The summed E-state index contributed by atoms with van der Waals surface area (Å²) in [6, 6.07) is 3.81. The molecule has 4 heteroatoms. The second-order valence-electron chi connectivity index (χ2n) is 3.16. The molecule has 1 aromatic heterocycles. The summed E-state index contributed by atoms with van der Waals surface area (Å²) in [6.07, 6.45) is 3.69. The van der Waals surface area contributed by atoms with Crippen molar-refractivity contribution in [3.8, 4) is 6.07 Å². The number of aromatic nitrogens is 2. The van der Waals surface area contributed by atoms with Gasteiger partial charge in [0, 0.05) is 25.2 Å². The molecular formula is C9H7N3O. The van der Waals surface area contributed by atoms with Crippen molar-refractivity contribution in [1.82, 2.24) is 9.97 Å². The minimum absolute atomic E-state index is 0.106. The fourth-order valence-corrected chi connectivity index (χ4v) is 1.45. The van der Waals surface area contributed by atoms with Crippen LogP contribution in [0.25, 0.3) is 0 Å². The molecule has 0 N–H and O–H groups in total. The van der Waals surface area contributed by atoms with Crippen LogP contribution in [0.15, 0.2) is 18.5 Å². The zero-order valence-corrected chi connectivity index (χ0v) is 6.90. The Morgan fingerprint density at radius 2 is 2.00 bits per heavy atom. The molecule has 1 aromatic rings. The van der Waals surface area contributed by atoms with Crippen molar-refractivity contribution < 1.29 is 4.79 Å². The van der Waals surface area contributed by atoms with Gasteiger partial charge in [0.1, 0.15) is 17.0 Å². The van der Waals surface area contributed by atoms with Crippen molar-refractivity contribution in [1.29, 1.82) is 5.26 Å². The summed E-state index contributed by atoms with van der Waals surface area (Å²) >= 11 is 0. The topological polar surface area (TPSA) is 66.6 Å². The molecule has 0 aliphatic heterocycles. The van der Waals surface area contributed by atoms with E-state index in [0.717, 1.165) is 0 Å². The molecule has 1 fully saturated rings. The number of nitrogens with zero attached hydrogens (tertiary/aromatic N) is 3. The van der Waals surface area contributed by atoms with Gasteiger partial charge in [0.2, 0.25) is 0 Å². The van der Waals surface area contributed by atoms with Crippen LogP contribution in [-0.4, -0.2) is 15.8 Å². The number of hydrogen-bond donors (Lipinski definition) is 0. The van der Waals surface area contributed by atoms with Crippen LogP contribution in [0.1, 0.15) is 18.7 Å². The first-order valence-electron chi connectivity index (χ1n) is 3.97. The Labute approximate surface area is 75.2 Å². The Hall–Kier alpha value is -1.76. The van der Waals surface area contributed by atoms with E-state index in [4.69, 9.17) is 5.26 Å². The maximum atomic E-state index is 10.8. The van der Waals surface area contributed by atoms with E-state index in [1.54, 1.807) is 18.5 Å². The second-order valence-corrected chi connectivity index (χ2v) is 3.16. The molecule has 64 valence electrons. The summed E-state index contributed by atoms with van der Waals surface area (Å²) in [5, 5.41) is 8.93. The first-order valence-corrected chi connectivity index (χ1v) is 3.97. The van der Waals surface area contributed by atoms with Gasteiger partial charge in [-0.25, -0.2) is 9.97 Å². The van der Waals surface area contributed by atoms with Gasteiger partial charge < -0.3 is 0 Å². The molecule has 1 heterocycles. The lowest BCUT2D eigenvalue weighted by molar-refractivity contribution is -0.126. The minimum atomic E-state index is -0.738. The molecule has 0 unspecified atom stereocenters. The number of nitriles is 1. The van der Waals surface area contributed by atoms with Gasteiger partial charge in [-0.1, -0.05) is 0 Å². The summed E-state index contributed by atoms with van der Waals surface area (Å²) < 4.78 is 0. The zero-order valence-electron chi connectivity index (χ0n) is 6.90. The van der Waals surface area contributed by atoms with Gasteiger partial charge in [-0.05, 0) is 6.07 Å². The molecule has 0 atom stereocenters. The van der Waals surface area contributed by atoms with Gasteiger partial charge in [-0.15, -0.1) is 0 Å². The van der Waals surface area contributed by atoms with Gasteiger partial charge >= 0.3 is 0 Å². The van der Waals surface area contributed by atoms with Crippen LogP contribution < -0.4 is 0 Å². The van der Waals surface area contributed by atoms with Crippen molar-refractivity contribution in [2.45, 2.75) is 18.3 Å². The van der Waals surface area contributed by atoms with E-state index < -0.39 is 5.41 Å². The molecule has 0 amide bonds. The lowest BCUT2D eigenvalue weighted by Crippen LogP contribution is -2.41. The van der Waals surface area contributed by atoms with Crippen molar-refractivity contribution in [2.24, 2.45) is 0 Å². The molecule has 0 radical (unpaired) electrons. The highest BCUT2D eigenvalue weighted by Crippen LogP contribution is 2.38. The second kappa shape index (κ2) is 2.63. The van der Waals surface area contributed by atoms with Gasteiger partial charge in [-0.2, -0.15) is 5.26 Å². The minimum Gasteiger partial charge on any atom is -0.300 e. The van der Waals surface area contributed by atoms with Crippen LogP contribution in [0.5, 0.6) is 0 Å². The monoisotopic (exact) mass is 173 g/mol. The summed E-state index contributed by atoms with van der Waals surface area (Å²) in [5.74, 6) is 0.575. The molecule has 1 aliphatic carbocycles. The van der Waals surface area contributed by atoms with Crippen molar-refractivity contribution in [3.05, 3.63) is 24.3 Å². The van der Waals surface area contributed by atoms with E-state index in [0.29, 0.717) is 5.82 Å². The maximum Gasteiger partial charge on any atom is 0.149 e. The maximum absolute atomic E-state index is 10.8. The van der Waals surface area contributed by atoms with Crippen molar-refractivity contribution in [2.75, 3.05) is 0 Å². The van der Waals surface area contributed by atoms with E-state index in [2.05, 4.69) is 16.0 Å². The average molecular weight is 173 g/mol. The molecule has 1 saturated carbocycles. The fraction of sp³-hybridized carbons (Fsp3) is 0.333. The number of rotatable bonds is 1. The van der Waals surface area contributed by atoms with Crippen molar-refractivity contribution >= 4 is 5.78 Å². The summed E-state index contributed by atoms with van der Waals surface area (Å²) in [5.41, 5.74) is -0.738.